The average Bonchev–Trinajstić information content (AvgIpc) is 2.37. The highest BCUT2D eigenvalue weighted by atomic mass is 35.5. The molecule has 0 bridgehead atoms. The topological polar surface area (TPSA) is 46.2 Å². The minimum Gasteiger partial charge on any atom is -0.207 e. The number of benzene rings is 2. The summed E-state index contributed by atoms with van der Waals surface area (Å²) in [6, 6.07) is 13.5. The number of hydrogen-bond acceptors (Lipinski definition) is 2. The van der Waals surface area contributed by atoms with Crippen LogP contribution in [0.15, 0.2) is 53.4 Å². The molecule has 19 heavy (non-hydrogen) atoms. The number of halogens is 2. The van der Waals surface area contributed by atoms with Crippen molar-refractivity contribution >= 4 is 33.2 Å². The van der Waals surface area contributed by atoms with Crippen molar-refractivity contribution in [2.24, 2.45) is 0 Å². The molecule has 0 fully saturated rings. The smallest absolute Gasteiger partial charge is 0.207 e. The molecule has 2 rings (SSSR count). The second kappa shape index (κ2) is 5.92. The minimum absolute atomic E-state index is 0.0227. The molecule has 3 nitrogen and oxygen atoms in total. The van der Waals surface area contributed by atoms with E-state index in [1.165, 1.54) is 18.2 Å². The van der Waals surface area contributed by atoms with Crippen molar-refractivity contribution in [1.82, 2.24) is 4.72 Å². The van der Waals surface area contributed by atoms with Crippen molar-refractivity contribution in [3.63, 3.8) is 0 Å². The molecule has 0 aromatic heterocycles. The van der Waals surface area contributed by atoms with Gasteiger partial charge in [0.15, 0.2) is 0 Å². The first kappa shape index (κ1) is 14.3. The van der Waals surface area contributed by atoms with Gasteiger partial charge in [-0.15, -0.1) is 0 Å². The maximum Gasteiger partial charge on any atom is 0.242 e. The molecule has 0 aliphatic rings. The SMILES string of the molecule is O=S(=O)(NCc1ccccc1)c1ccc(Cl)cc1Cl. The maximum absolute atomic E-state index is 12.1. The molecule has 0 amide bonds. The molecule has 0 radical (unpaired) electrons. The Bertz CT molecular complexity index is 672. The highest BCUT2D eigenvalue weighted by molar-refractivity contribution is 7.89. The van der Waals surface area contributed by atoms with Gasteiger partial charge < -0.3 is 0 Å². The molecule has 2 aromatic carbocycles. The third-order valence-electron chi connectivity index (χ3n) is 2.49. The van der Waals surface area contributed by atoms with Crippen molar-refractivity contribution in [3.05, 3.63) is 64.1 Å². The molecule has 0 atom stereocenters. The third kappa shape index (κ3) is 3.70. The Morgan fingerprint density at radius 2 is 1.68 bits per heavy atom. The largest absolute Gasteiger partial charge is 0.242 e. The van der Waals surface area contributed by atoms with Crippen LogP contribution in [0.4, 0.5) is 0 Å². The number of sulfonamides is 1. The van der Waals surface area contributed by atoms with Crippen molar-refractivity contribution in [3.8, 4) is 0 Å². The van der Waals surface area contributed by atoms with Crippen LogP contribution in [0.5, 0.6) is 0 Å². The van der Waals surface area contributed by atoms with Crippen molar-refractivity contribution in [2.75, 3.05) is 0 Å². The van der Waals surface area contributed by atoms with Gasteiger partial charge in [0.1, 0.15) is 4.90 Å². The molecule has 1 N–H and O–H groups in total. The van der Waals surface area contributed by atoms with Crippen LogP contribution in [-0.4, -0.2) is 8.42 Å². The van der Waals surface area contributed by atoms with Crippen LogP contribution in [0, 0.1) is 0 Å². The van der Waals surface area contributed by atoms with Crippen LogP contribution in [-0.2, 0) is 16.6 Å². The van der Waals surface area contributed by atoms with E-state index < -0.39 is 10.0 Å². The third-order valence-corrected chi connectivity index (χ3v) is 4.61. The molecule has 100 valence electrons. The first-order valence-corrected chi connectivity index (χ1v) is 7.71. The summed E-state index contributed by atoms with van der Waals surface area (Å²) < 4.78 is 26.7. The van der Waals surface area contributed by atoms with Gasteiger partial charge in [-0.3, -0.25) is 0 Å². The van der Waals surface area contributed by atoms with Crippen LogP contribution in [0.2, 0.25) is 10.0 Å². The maximum atomic E-state index is 12.1. The van der Waals surface area contributed by atoms with Crippen molar-refractivity contribution in [2.45, 2.75) is 11.4 Å². The average molecular weight is 316 g/mol. The molecule has 0 unspecified atom stereocenters. The lowest BCUT2D eigenvalue weighted by atomic mass is 10.2. The lowest BCUT2D eigenvalue weighted by Crippen LogP contribution is -2.23. The van der Waals surface area contributed by atoms with E-state index in [1.54, 1.807) is 0 Å². The van der Waals surface area contributed by atoms with Gasteiger partial charge in [-0.25, -0.2) is 13.1 Å². The van der Waals surface area contributed by atoms with Crippen LogP contribution in [0.1, 0.15) is 5.56 Å². The van der Waals surface area contributed by atoms with E-state index in [0.717, 1.165) is 5.56 Å². The van der Waals surface area contributed by atoms with Crippen LogP contribution >= 0.6 is 23.2 Å². The summed E-state index contributed by atoms with van der Waals surface area (Å²) in [6.45, 7) is 0.210. The Hall–Kier alpha value is -1.07. The van der Waals surface area contributed by atoms with Crippen molar-refractivity contribution < 1.29 is 8.42 Å². The minimum atomic E-state index is -3.65. The van der Waals surface area contributed by atoms with Gasteiger partial charge in [0, 0.05) is 11.6 Å². The Balaban J connectivity index is 2.19. The molecule has 0 saturated heterocycles. The zero-order chi connectivity index (χ0) is 13.9. The number of nitrogens with one attached hydrogen (secondary N) is 1. The van der Waals surface area contributed by atoms with E-state index in [-0.39, 0.29) is 16.5 Å². The van der Waals surface area contributed by atoms with Crippen molar-refractivity contribution in [1.29, 1.82) is 0 Å². The normalized spacial score (nSPS) is 11.5. The molecule has 0 heterocycles. The lowest BCUT2D eigenvalue weighted by molar-refractivity contribution is 0.581. The highest BCUT2D eigenvalue weighted by Gasteiger charge is 2.17. The summed E-state index contributed by atoms with van der Waals surface area (Å²) in [5.74, 6) is 0. The summed E-state index contributed by atoms with van der Waals surface area (Å²) in [6.07, 6.45) is 0. The van der Waals surface area contributed by atoms with E-state index in [4.69, 9.17) is 23.2 Å². The van der Waals surface area contributed by atoms with Gasteiger partial charge >= 0.3 is 0 Å². The number of rotatable bonds is 4. The Labute approximate surface area is 122 Å². The van der Waals surface area contributed by atoms with Crippen LogP contribution in [0.25, 0.3) is 0 Å². The Morgan fingerprint density at radius 1 is 1.00 bits per heavy atom. The van der Waals surface area contributed by atoms with Crippen LogP contribution < -0.4 is 4.72 Å². The lowest BCUT2D eigenvalue weighted by Gasteiger charge is -2.08. The van der Waals surface area contributed by atoms with Gasteiger partial charge in [-0.1, -0.05) is 53.5 Å². The van der Waals surface area contributed by atoms with Gasteiger partial charge in [0.25, 0.3) is 0 Å². The van der Waals surface area contributed by atoms with E-state index in [2.05, 4.69) is 4.72 Å². The predicted molar refractivity (Wildman–Crippen MR) is 76.9 cm³/mol. The second-order valence-electron chi connectivity index (χ2n) is 3.88. The highest BCUT2D eigenvalue weighted by Crippen LogP contribution is 2.24. The van der Waals surface area contributed by atoms with Gasteiger partial charge in [-0.2, -0.15) is 0 Å². The second-order valence-corrected chi connectivity index (χ2v) is 6.46. The van der Waals surface area contributed by atoms with E-state index in [1.807, 2.05) is 30.3 Å². The summed E-state index contributed by atoms with van der Waals surface area (Å²) in [4.78, 5) is 0.0227. The Morgan fingerprint density at radius 3 is 2.32 bits per heavy atom. The zero-order valence-electron chi connectivity index (χ0n) is 9.81. The standard InChI is InChI=1S/C13H11Cl2NO2S/c14-11-6-7-13(12(15)8-11)19(17,18)16-9-10-4-2-1-3-5-10/h1-8,16H,9H2. The summed E-state index contributed by atoms with van der Waals surface area (Å²) in [5, 5.41) is 0.500. The molecule has 6 heteroatoms. The van der Waals surface area contributed by atoms with Gasteiger partial charge in [0.2, 0.25) is 10.0 Å². The summed E-state index contributed by atoms with van der Waals surface area (Å²) in [7, 11) is -3.65. The first-order chi connectivity index (χ1) is 8.99. The quantitative estimate of drug-likeness (QED) is 0.939. The molecule has 2 aromatic rings. The first-order valence-electron chi connectivity index (χ1n) is 5.48. The van der Waals surface area contributed by atoms with Gasteiger partial charge in [0.05, 0.1) is 5.02 Å². The predicted octanol–water partition coefficient (Wildman–Crippen LogP) is 3.47. The van der Waals surface area contributed by atoms with E-state index in [0.29, 0.717) is 5.02 Å². The van der Waals surface area contributed by atoms with Crippen LogP contribution in [0.3, 0.4) is 0 Å². The Kier molecular flexibility index (Phi) is 4.47. The number of hydrogen-bond donors (Lipinski definition) is 1. The fourth-order valence-corrected chi connectivity index (χ4v) is 3.33. The van der Waals surface area contributed by atoms with Gasteiger partial charge in [-0.05, 0) is 23.8 Å². The monoisotopic (exact) mass is 315 g/mol. The molecular formula is C13H11Cl2NO2S. The molecule has 0 aliphatic heterocycles. The fourth-order valence-electron chi connectivity index (χ4n) is 1.55. The summed E-state index contributed by atoms with van der Waals surface area (Å²) in [5.41, 5.74) is 0.871. The molecule has 0 saturated carbocycles. The van der Waals surface area contributed by atoms with E-state index in [9.17, 15) is 8.42 Å². The zero-order valence-corrected chi connectivity index (χ0v) is 12.1. The molecule has 0 aliphatic carbocycles. The fraction of sp³-hybridized carbons (Fsp3) is 0.0769. The summed E-state index contributed by atoms with van der Waals surface area (Å²) >= 11 is 11.6. The van der Waals surface area contributed by atoms with E-state index >= 15 is 0 Å². The molecular weight excluding hydrogens is 305 g/mol. The molecule has 0 spiro atoms.